The number of hydrogen-bond acceptors (Lipinski definition) is 7. The Morgan fingerprint density at radius 3 is 2.52 bits per heavy atom. The quantitative estimate of drug-likeness (QED) is 0.689. The van der Waals surface area contributed by atoms with Crippen molar-refractivity contribution in [1.82, 2.24) is 24.6 Å². The molecule has 23 heavy (non-hydrogen) atoms. The summed E-state index contributed by atoms with van der Waals surface area (Å²) in [6, 6.07) is 5.79. The molecule has 3 aromatic heterocycles. The predicted molar refractivity (Wildman–Crippen MR) is 84.2 cm³/mol. The number of nitriles is 1. The molecule has 0 N–H and O–H groups in total. The molecule has 0 amide bonds. The van der Waals surface area contributed by atoms with Crippen LogP contribution >= 0.6 is 0 Å². The van der Waals surface area contributed by atoms with Crippen LogP contribution in [0, 0.1) is 11.3 Å². The molecule has 0 radical (unpaired) electrons. The van der Waals surface area contributed by atoms with Crippen LogP contribution in [-0.2, 0) is 0 Å². The molecular weight excluding hydrogens is 292 g/mol. The Balaban J connectivity index is 1.50. The van der Waals surface area contributed by atoms with Gasteiger partial charge in [-0.1, -0.05) is 0 Å². The number of rotatable bonds is 2. The summed E-state index contributed by atoms with van der Waals surface area (Å²) in [4.78, 5) is 17.2. The highest BCUT2D eigenvalue weighted by Gasteiger charge is 2.20. The second kappa shape index (κ2) is 5.53. The number of fused-ring (bicyclic) bond motifs is 1. The highest BCUT2D eigenvalue weighted by molar-refractivity contribution is 5.49. The molecule has 0 aromatic carbocycles. The fraction of sp³-hybridized carbons (Fsp3) is 0.267. The van der Waals surface area contributed by atoms with E-state index in [2.05, 4.69) is 35.9 Å². The van der Waals surface area contributed by atoms with E-state index in [9.17, 15) is 0 Å². The third-order valence-electron chi connectivity index (χ3n) is 3.98. The van der Waals surface area contributed by atoms with Crippen molar-refractivity contribution in [3.05, 3.63) is 42.6 Å². The molecule has 1 aliphatic heterocycles. The van der Waals surface area contributed by atoms with Crippen LogP contribution in [0.5, 0.6) is 0 Å². The molecule has 4 heterocycles. The first-order valence-corrected chi connectivity index (χ1v) is 7.35. The van der Waals surface area contributed by atoms with Gasteiger partial charge in [0.2, 0.25) is 0 Å². The van der Waals surface area contributed by atoms with Crippen molar-refractivity contribution in [1.29, 1.82) is 5.26 Å². The van der Waals surface area contributed by atoms with Gasteiger partial charge in [-0.25, -0.2) is 9.97 Å². The van der Waals surface area contributed by atoms with Crippen LogP contribution in [0.25, 0.3) is 5.65 Å². The van der Waals surface area contributed by atoms with E-state index in [0.717, 1.165) is 43.5 Å². The molecule has 3 aromatic rings. The van der Waals surface area contributed by atoms with Crippen molar-refractivity contribution in [3.8, 4) is 6.07 Å². The molecule has 4 rings (SSSR count). The zero-order chi connectivity index (χ0) is 15.6. The minimum atomic E-state index is 0.580. The van der Waals surface area contributed by atoms with Gasteiger partial charge in [0.1, 0.15) is 18.2 Å². The Bertz CT molecular complexity index is 855. The SMILES string of the molecule is N#Cc1ccc(N2CCN(c3cncc4ncnn34)CC2)nc1. The maximum absolute atomic E-state index is 8.84. The molecule has 0 unspecified atom stereocenters. The average Bonchev–Trinajstić information content (AvgIpc) is 3.11. The summed E-state index contributed by atoms with van der Waals surface area (Å²) in [7, 11) is 0. The second-order valence-electron chi connectivity index (χ2n) is 5.29. The summed E-state index contributed by atoms with van der Waals surface area (Å²) in [5.74, 6) is 1.85. The van der Waals surface area contributed by atoms with Crippen molar-refractivity contribution < 1.29 is 0 Å². The molecule has 0 spiro atoms. The zero-order valence-corrected chi connectivity index (χ0v) is 12.4. The first kappa shape index (κ1) is 13.5. The Morgan fingerprint density at radius 1 is 0.957 bits per heavy atom. The van der Waals surface area contributed by atoms with Crippen LogP contribution in [0.3, 0.4) is 0 Å². The van der Waals surface area contributed by atoms with Gasteiger partial charge in [0, 0.05) is 32.4 Å². The van der Waals surface area contributed by atoms with Crippen LogP contribution in [-0.4, -0.2) is 50.7 Å². The normalized spacial score (nSPS) is 14.9. The highest BCUT2D eigenvalue weighted by atomic mass is 15.4. The molecule has 0 atom stereocenters. The van der Waals surface area contributed by atoms with Crippen molar-refractivity contribution in [3.63, 3.8) is 0 Å². The lowest BCUT2D eigenvalue weighted by Crippen LogP contribution is -2.47. The van der Waals surface area contributed by atoms with Gasteiger partial charge < -0.3 is 9.80 Å². The molecule has 114 valence electrons. The molecule has 1 saturated heterocycles. The van der Waals surface area contributed by atoms with Crippen LogP contribution in [0.1, 0.15) is 5.56 Å². The molecular formula is C15H14N8. The lowest BCUT2D eigenvalue weighted by molar-refractivity contribution is 0.633. The molecule has 0 saturated carbocycles. The van der Waals surface area contributed by atoms with E-state index >= 15 is 0 Å². The number of anilines is 2. The summed E-state index contributed by atoms with van der Waals surface area (Å²) in [5.41, 5.74) is 1.33. The standard InChI is InChI=1S/C15H14N8/c16-7-12-1-2-13(18-8-12)21-3-5-22(6-4-21)15-10-17-9-14-19-11-20-23(14)15/h1-2,8-11H,3-6H2. The maximum atomic E-state index is 8.84. The second-order valence-corrected chi connectivity index (χ2v) is 5.29. The summed E-state index contributed by atoms with van der Waals surface area (Å²) in [6.07, 6.45) is 6.67. The van der Waals surface area contributed by atoms with Crippen molar-refractivity contribution in [2.45, 2.75) is 0 Å². The van der Waals surface area contributed by atoms with Gasteiger partial charge in [-0.2, -0.15) is 14.9 Å². The van der Waals surface area contributed by atoms with E-state index < -0.39 is 0 Å². The van der Waals surface area contributed by atoms with Crippen molar-refractivity contribution in [2.24, 2.45) is 0 Å². The third-order valence-corrected chi connectivity index (χ3v) is 3.98. The topological polar surface area (TPSA) is 86.2 Å². The average molecular weight is 306 g/mol. The molecule has 1 fully saturated rings. The number of hydrogen-bond donors (Lipinski definition) is 0. The van der Waals surface area contributed by atoms with E-state index in [4.69, 9.17) is 5.26 Å². The van der Waals surface area contributed by atoms with E-state index in [1.54, 1.807) is 18.5 Å². The first-order valence-electron chi connectivity index (χ1n) is 7.35. The van der Waals surface area contributed by atoms with Gasteiger partial charge in [0.15, 0.2) is 11.5 Å². The minimum absolute atomic E-state index is 0.580. The van der Waals surface area contributed by atoms with Crippen LogP contribution in [0.4, 0.5) is 11.6 Å². The van der Waals surface area contributed by atoms with E-state index in [1.807, 2.05) is 16.8 Å². The van der Waals surface area contributed by atoms with E-state index in [-0.39, 0.29) is 0 Å². The fourth-order valence-electron chi connectivity index (χ4n) is 2.76. The highest BCUT2D eigenvalue weighted by Crippen LogP contribution is 2.19. The Labute approximate surface area is 132 Å². The number of pyridine rings is 1. The third kappa shape index (κ3) is 2.42. The fourth-order valence-corrected chi connectivity index (χ4v) is 2.76. The zero-order valence-electron chi connectivity index (χ0n) is 12.4. The molecule has 0 aliphatic carbocycles. The van der Waals surface area contributed by atoms with Crippen molar-refractivity contribution in [2.75, 3.05) is 36.0 Å². The monoisotopic (exact) mass is 306 g/mol. The maximum Gasteiger partial charge on any atom is 0.175 e. The van der Waals surface area contributed by atoms with Gasteiger partial charge in [0.05, 0.1) is 18.0 Å². The largest absolute Gasteiger partial charge is 0.353 e. The van der Waals surface area contributed by atoms with Gasteiger partial charge in [-0.3, -0.25) is 4.98 Å². The smallest absolute Gasteiger partial charge is 0.175 e. The summed E-state index contributed by atoms with van der Waals surface area (Å²) >= 11 is 0. The van der Waals surface area contributed by atoms with Gasteiger partial charge in [0.25, 0.3) is 0 Å². The summed E-state index contributed by atoms with van der Waals surface area (Å²) in [6.45, 7) is 3.40. The minimum Gasteiger partial charge on any atom is -0.353 e. The number of piperazine rings is 1. The van der Waals surface area contributed by atoms with Crippen LogP contribution in [0.2, 0.25) is 0 Å². The lowest BCUT2D eigenvalue weighted by atomic mass is 10.2. The summed E-state index contributed by atoms with van der Waals surface area (Å²) in [5, 5.41) is 13.1. The van der Waals surface area contributed by atoms with Crippen LogP contribution < -0.4 is 9.80 Å². The van der Waals surface area contributed by atoms with Gasteiger partial charge >= 0.3 is 0 Å². The Kier molecular flexibility index (Phi) is 3.24. The molecule has 8 nitrogen and oxygen atoms in total. The van der Waals surface area contributed by atoms with Crippen molar-refractivity contribution >= 4 is 17.3 Å². The number of aromatic nitrogens is 5. The van der Waals surface area contributed by atoms with Gasteiger partial charge in [-0.05, 0) is 12.1 Å². The number of nitrogens with zero attached hydrogens (tertiary/aromatic N) is 8. The van der Waals surface area contributed by atoms with Crippen LogP contribution in [0.15, 0.2) is 37.1 Å². The molecule has 1 aliphatic rings. The lowest BCUT2D eigenvalue weighted by Gasteiger charge is -2.36. The molecule has 8 heteroatoms. The molecule has 0 bridgehead atoms. The summed E-state index contributed by atoms with van der Waals surface area (Å²) < 4.78 is 1.81. The van der Waals surface area contributed by atoms with E-state index in [1.165, 1.54) is 6.33 Å². The van der Waals surface area contributed by atoms with Gasteiger partial charge in [-0.15, -0.1) is 0 Å². The first-order chi connectivity index (χ1) is 11.3. The predicted octanol–water partition coefficient (Wildman–Crippen LogP) is 0.718. The Hall–Kier alpha value is -3.21. The Morgan fingerprint density at radius 2 is 1.78 bits per heavy atom. The van der Waals surface area contributed by atoms with E-state index in [0.29, 0.717) is 5.56 Å².